The highest BCUT2D eigenvalue weighted by Crippen LogP contribution is 2.36. The van der Waals surface area contributed by atoms with Crippen molar-refractivity contribution in [3.05, 3.63) is 59.9 Å². The van der Waals surface area contributed by atoms with Gasteiger partial charge < -0.3 is 10.3 Å². The highest BCUT2D eigenvalue weighted by Gasteiger charge is 2.17. The molecule has 0 bridgehead atoms. The van der Waals surface area contributed by atoms with Crippen LogP contribution in [0.4, 0.5) is 10.2 Å². The maximum absolute atomic E-state index is 13.4. The lowest BCUT2D eigenvalue weighted by Gasteiger charge is -2.03. The fraction of sp³-hybridized carbons (Fsp3) is 0.0625. The van der Waals surface area contributed by atoms with Gasteiger partial charge in [-0.3, -0.25) is 0 Å². The van der Waals surface area contributed by atoms with E-state index in [0.717, 1.165) is 11.1 Å². The third-order valence-corrected chi connectivity index (χ3v) is 3.15. The number of nitrogen functional groups attached to an aromatic ring is 1. The number of halogens is 1. The first kappa shape index (κ1) is 12.4. The lowest BCUT2D eigenvalue weighted by atomic mass is 10.0. The van der Waals surface area contributed by atoms with Gasteiger partial charge in [0.25, 0.3) is 0 Å². The molecule has 0 spiro atoms. The van der Waals surface area contributed by atoms with Crippen molar-refractivity contribution >= 4 is 5.82 Å². The SMILES string of the molecule is Cc1ccc(-c2c(N)noc2-c2cccc(F)c2)cc1. The molecule has 3 aromatic rings. The largest absolute Gasteiger partial charge is 0.380 e. The van der Waals surface area contributed by atoms with Gasteiger partial charge in [-0.1, -0.05) is 47.1 Å². The quantitative estimate of drug-likeness (QED) is 0.763. The molecule has 0 aliphatic rings. The Labute approximate surface area is 115 Å². The van der Waals surface area contributed by atoms with Crippen molar-refractivity contribution < 1.29 is 8.91 Å². The number of anilines is 1. The summed E-state index contributed by atoms with van der Waals surface area (Å²) >= 11 is 0. The van der Waals surface area contributed by atoms with Gasteiger partial charge in [0.05, 0.1) is 5.56 Å². The van der Waals surface area contributed by atoms with Crippen LogP contribution < -0.4 is 5.73 Å². The molecule has 3 rings (SSSR count). The molecule has 0 fully saturated rings. The van der Waals surface area contributed by atoms with Gasteiger partial charge >= 0.3 is 0 Å². The van der Waals surface area contributed by atoms with E-state index in [1.807, 2.05) is 31.2 Å². The average molecular weight is 268 g/mol. The molecule has 0 saturated heterocycles. The number of benzene rings is 2. The highest BCUT2D eigenvalue weighted by molar-refractivity contribution is 5.86. The van der Waals surface area contributed by atoms with Crippen molar-refractivity contribution in [3.8, 4) is 22.5 Å². The Morgan fingerprint density at radius 2 is 1.80 bits per heavy atom. The summed E-state index contributed by atoms with van der Waals surface area (Å²) in [7, 11) is 0. The molecule has 2 N–H and O–H groups in total. The van der Waals surface area contributed by atoms with Gasteiger partial charge in [0.15, 0.2) is 11.6 Å². The predicted octanol–water partition coefficient (Wildman–Crippen LogP) is 4.04. The van der Waals surface area contributed by atoms with Crippen LogP contribution in [-0.2, 0) is 0 Å². The Kier molecular flexibility index (Phi) is 2.99. The molecule has 0 atom stereocenters. The van der Waals surface area contributed by atoms with Crippen LogP contribution in [0, 0.1) is 12.7 Å². The van der Waals surface area contributed by atoms with Gasteiger partial charge in [-0.05, 0) is 24.6 Å². The van der Waals surface area contributed by atoms with E-state index < -0.39 is 0 Å². The Balaban J connectivity index is 2.17. The van der Waals surface area contributed by atoms with Crippen molar-refractivity contribution in [3.63, 3.8) is 0 Å². The molecule has 20 heavy (non-hydrogen) atoms. The first-order valence-corrected chi connectivity index (χ1v) is 6.23. The standard InChI is InChI=1S/C16H13FN2O/c1-10-5-7-11(8-6-10)14-15(20-19-16(14)18)12-3-2-4-13(17)9-12/h2-9H,1H3,(H2,18,19). The molecular weight excluding hydrogens is 255 g/mol. The topological polar surface area (TPSA) is 52.0 Å². The lowest BCUT2D eigenvalue weighted by Crippen LogP contribution is -1.89. The number of hydrogen-bond donors (Lipinski definition) is 1. The molecule has 100 valence electrons. The Bertz CT molecular complexity index is 747. The fourth-order valence-corrected chi connectivity index (χ4v) is 2.13. The summed E-state index contributed by atoms with van der Waals surface area (Å²) in [5.74, 6) is 0.450. The highest BCUT2D eigenvalue weighted by atomic mass is 19.1. The first-order chi connectivity index (χ1) is 9.65. The summed E-state index contributed by atoms with van der Waals surface area (Å²) in [6, 6.07) is 14.0. The van der Waals surface area contributed by atoms with E-state index in [2.05, 4.69) is 5.16 Å². The monoisotopic (exact) mass is 268 g/mol. The Hall–Kier alpha value is -2.62. The van der Waals surface area contributed by atoms with E-state index in [-0.39, 0.29) is 5.82 Å². The zero-order valence-corrected chi connectivity index (χ0v) is 10.9. The summed E-state index contributed by atoms with van der Waals surface area (Å²) in [4.78, 5) is 0. The van der Waals surface area contributed by atoms with Crippen molar-refractivity contribution in [2.24, 2.45) is 0 Å². The van der Waals surface area contributed by atoms with E-state index in [1.54, 1.807) is 12.1 Å². The summed E-state index contributed by atoms with van der Waals surface area (Å²) in [5.41, 5.74) is 9.24. The van der Waals surface area contributed by atoms with Gasteiger partial charge in [-0.2, -0.15) is 0 Å². The predicted molar refractivity (Wildman–Crippen MR) is 76.5 cm³/mol. The maximum atomic E-state index is 13.4. The van der Waals surface area contributed by atoms with E-state index >= 15 is 0 Å². The average Bonchev–Trinajstić information content (AvgIpc) is 2.82. The minimum Gasteiger partial charge on any atom is -0.380 e. The third-order valence-electron chi connectivity index (χ3n) is 3.15. The van der Waals surface area contributed by atoms with Crippen molar-refractivity contribution in [1.82, 2.24) is 5.16 Å². The van der Waals surface area contributed by atoms with Crippen LogP contribution in [0.2, 0.25) is 0 Å². The summed E-state index contributed by atoms with van der Waals surface area (Å²) in [6.07, 6.45) is 0. The van der Waals surface area contributed by atoms with Gasteiger partial charge in [-0.15, -0.1) is 0 Å². The van der Waals surface area contributed by atoms with E-state index in [0.29, 0.717) is 22.7 Å². The van der Waals surface area contributed by atoms with Gasteiger partial charge in [-0.25, -0.2) is 4.39 Å². The number of aryl methyl sites for hydroxylation is 1. The smallest absolute Gasteiger partial charge is 0.177 e. The molecule has 0 aliphatic heterocycles. The Morgan fingerprint density at radius 3 is 2.50 bits per heavy atom. The van der Waals surface area contributed by atoms with Crippen molar-refractivity contribution in [2.75, 3.05) is 5.73 Å². The van der Waals surface area contributed by atoms with E-state index in [1.165, 1.54) is 12.1 Å². The number of hydrogen-bond acceptors (Lipinski definition) is 3. The number of nitrogens with zero attached hydrogens (tertiary/aromatic N) is 1. The zero-order valence-electron chi connectivity index (χ0n) is 10.9. The number of nitrogens with two attached hydrogens (primary N) is 1. The van der Waals surface area contributed by atoms with Gasteiger partial charge in [0, 0.05) is 5.56 Å². The van der Waals surface area contributed by atoms with E-state index in [4.69, 9.17) is 10.3 Å². The lowest BCUT2D eigenvalue weighted by molar-refractivity contribution is 0.436. The van der Waals surface area contributed by atoms with Crippen LogP contribution in [0.15, 0.2) is 53.1 Å². The van der Waals surface area contributed by atoms with Gasteiger partial charge in [0.1, 0.15) is 5.82 Å². The Morgan fingerprint density at radius 1 is 1.05 bits per heavy atom. The van der Waals surface area contributed by atoms with Crippen molar-refractivity contribution in [2.45, 2.75) is 6.92 Å². The van der Waals surface area contributed by atoms with Crippen LogP contribution in [0.25, 0.3) is 22.5 Å². The van der Waals surface area contributed by atoms with Gasteiger partial charge in [0.2, 0.25) is 0 Å². The zero-order chi connectivity index (χ0) is 14.1. The normalized spacial score (nSPS) is 10.7. The van der Waals surface area contributed by atoms with Crippen molar-refractivity contribution in [1.29, 1.82) is 0 Å². The fourth-order valence-electron chi connectivity index (χ4n) is 2.13. The van der Waals surface area contributed by atoms with Crippen LogP contribution in [0.1, 0.15) is 5.56 Å². The van der Waals surface area contributed by atoms with Crippen LogP contribution in [-0.4, -0.2) is 5.16 Å². The molecule has 1 aromatic heterocycles. The number of aromatic nitrogens is 1. The molecule has 0 amide bonds. The molecule has 0 unspecified atom stereocenters. The first-order valence-electron chi connectivity index (χ1n) is 6.23. The van der Waals surface area contributed by atoms with Crippen LogP contribution >= 0.6 is 0 Å². The second-order valence-corrected chi connectivity index (χ2v) is 4.65. The molecule has 0 saturated carbocycles. The maximum Gasteiger partial charge on any atom is 0.177 e. The number of rotatable bonds is 2. The molecule has 2 aromatic carbocycles. The van der Waals surface area contributed by atoms with Crippen LogP contribution in [0.5, 0.6) is 0 Å². The second-order valence-electron chi connectivity index (χ2n) is 4.65. The molecule has 4 heteroatoms. The molecule has 3 nitrogen and oxygen atoms in total. The summed E-state index contributed by atoms with van der Waals surface area (Å²) in [6.45, 7) is 2.01. The minimum absolute atomic E-state index is 0.299. The second kappa shape index (κ2) is 4.81. The molecule has 1 heterocycles. The molecule has 0 aliphatic carbocycles. The summed E-state index contributed by atoms with van der Waals surface area (Å²) in [5, 5.41) is 3.80. The molecular formula is C16H13FN2O. The molecule has 0 radical (unpaired) electrons. The summed E-state index contributed by atoms with van der Waals surface area (Å²) < 4.78 is 18.6. The minimum atomic E-state index is -0.327. The van der Waals surface area contributed by atoms with Crippen LogP contribution in [0.3, 0.4) is 0 Å². The van der Waals surface area contributed by atoms with E-state index in [9.17, 15) is 4.39 Å². The third kappa shape index (κ3) is 2.16.